The van der Waals surface area contributed by atoms with Gasteiger partial charge in [-0.05, 0) is 23.8 Å². The van der Waals surface area contributed by atoms with Gasteiger partial charge in [-0.2, -0.15) is 0 Å². The van der Waals surface area contributed by atoms with Gasteiger partial charge in [0.15, 0.2) is 0 Å². The lowest BCUT2D eigenvalue weighted by atomic mass is 10.2. The van der Waals surface area contributed by atoms with E-state index in [0.717, 1.165) is 10.9 Å². The average molecular weight is 311 g/mol. The highest BCUT2D eigenvalue weighted by Gasteiger charge is 2.20. The van der Waals surface area contributed by atoms with Gasteiger partial charge in [0.25, 0.3) is 0 Å². The van der Waals surface area contributed by atoms with Crippen LogP contribution in [0.2, 0.25) is 0 Å². The van der Waals surface area contributed by atoms with E-state index in [9.17, 15) is 9.90 Å². The third-order valence-corrected chi connectivity index (χ3v) is 3.82. The van der Waals surface area contributed by atoms with Crippen LogP contribution in [0.5, 0.6) is 11.5 Å². The minimum absolute atomic E-state index is 0.201. The first-order valence-corrected chi connectivity index (χ1v) is 7.17. The lowest BCUT2D eigenvalue weighted by Crippen LogP contribution is -2.09. The summed E-state index contributed by atoms with van der Waals surface area (Å²) in [6.07, 6.45) is 0. The molecule has 1 heterocycles. The predicted octanol–water partition coefficient (Wildman–Crippen LogP) is 3.41. The molecule has 0 amide bonds. The summed E-state index contributed by atoms with van der Waals surface area (Å²) >= 11 is 0. The molecular formula is C18H17NO4. The van der Waals surface area contributed by atoms with Crippen LogP contribution in [0.25, 0.3) is 10.9 Å². The number of fused-ring (bicyclic) bond motifs is 1. The number of carboxylic acids is 1. The van der Waals surface area contributed by atoms with Gasteiger partial charge in [-0.15, -0.1) is 0 Å². The third kappa shape index (κ3) is 2.61. The Hall–Kier alpha value is -2.95. The van der Waals surface area contributed by atoms with Gasteiger partial charge in [-0.3, -0.25) is 0 Å². The summed E-state index contributed by atoms with van der Waals surface area (Å²) < 4.78 is 12.5. The van der Waals surface area contributed by atoms with Gasteiger partial charge in [0.05, 0.1) is 19.7 Å². The molecule has 0 aliphatic carbocycles. The van der Waals surface area contributed by atoms with E-state index in [4.69, 9.17) is 9.47 Å². The topological polar surface area (TPSA) is 60.7 Å². The van der Waals surface area contributed by atoms with Crippen LogP contribution in [-0.4, -0.2) is 29.9 Å². The molecule has 5 nitrogen and oxygen atoms in total. The minimum Gasteiger partial charge on any atom is -0.496 e. The summed E-state index contributed by atoms with van der Waals surface area (Å²) in [5.41, 5.74) is 1.93. The molecule has 3 rings (SSSR count). The number of ether oxygens (including phenoxy) is 2. The molecule has 0 saturated carbocycles. The first-order chi connectivity index (χ1) is 11.2. The summed E-state index contributed by atoms with van der Waals surface area (Å²) in [5, 5.41) is 10.3. The van der Waals surface area contributed by atoms with Gasteiger partial charge in [-0.25, -0.2) is 4.79 Å². The molecule has 0 radical (unpaired) electrons. The molecule has 23 heavy (non-hydrogen) atoms. The van der Waals surface area contributed by atoms with Crippen molar-refractivity contribution in [2.45, 2.75) is 6.54 Å². The van der Waals surface area contributed by atoms with Crippen LogP contribution < -0.4 is 9.47 Å². The summed E-state index contributed by atoms with van der Waals surface area (Å²) in [7, 11) is 3.14. The number of benzene rings is 2. The molecule has 0 atom stereocenters. The van der Waals surface area contributed by atoms with Crippen LogP contribution in [0.15, 0.2) is 48.5 Å². The number of hydrogen-bond donors (Lipinski definition) is 1. The van der Waals surface area contributed by atoms with E-state index in [1.54, 1.807) is 37.0 Å². The molecule has 1 N–H and O–H groups in total. The number of carbonyl (C=O) groups is 1. The lowest BCUT2D eigenvalue weighted by molar-refractivity contribution is 0.0686. The number of methoxy groups -OCH3 is 2. The van der Waals surface area contributed by atoms with Crippen molar-refractivity contribution in [3.63, 3.8) is 0 Å². The molecule has 3 aromatic rings. The zero-order chi connectivity index (χ0) is 16.4. The zero-order valence-corrected chi connectivity index (χ0v) is 12.9. The van der Waals surface area contributed by atoms with E-state index in [1.165, 1.54) is 0 Å². The van der Waals surface area contributed by atoms with E-state index in [2.05, 4.69) is 0 Å². The molecule has 0 aliphatic rings. The maximum atomic E-state index is 11.7. The number of hydrogen-bond acceptors (Lipinski definition) is 3. The lowest BCUT2D eigenvalue weighted by Gasteiger charge is -2.12. The van der Waals surface area contributed by atoms with Gasteiger partial charge in [0, 0.05) is 11.9 Å². The highest BCUT2D eigenvalue weighted by molar-refractivity contribution is 5.99. The summed E-state index contributed by atoms with van der Waals surface area (Å²) in [6.45, 7) is 0.440. The molecular weight excluding hydrogens is 294 g/mol. The van der Waals surface area contributed by atoms with Crippen LogP contribution in [0.4, 0.5) is 0 Å². The van der Waals surface area contributed by atoms with E-state index in [-0.39, 0.29) is 5.69 Å². The summed E-state index contributed by atoms with van der Waals surface area (Å²) in [5.74, 6) is 0.251. The zero-order valence-electron chi connectivity index (χ0n) is 12.9. The van der Waals surface area contributed by atoms with E-state index >= 15 is 0 Å². The summed E-state index contributed by atoms with van der Waals surface area (Å²) in [6, 6.07) is 14.9. The van der Waals surface area contributed by atoms with Gasteiger partial charge >= 0.3 is 5.97 Å². The third-order valence-electron chi connectivity index (χ3n) is 3.82. The molecule has 0 aliphatic heterocycles. The molecule has 0 unspecified atom stereocenters. The van der Waals surface area contributed by atoms with Crippen LogP contribution >= 0.6 is 0 Å². The van der Waals surface area contributed by atoms with Crippen molar-refractivity contribution in [3.8, 4) is 11.5 Å². The van der Waals surface area contributed by atoms with E-state index in [0.29, 0.717) is 23.6 Å². The minimum atomic E-state index is -0.985. The summed E-state index contributed by atoms with van der Waals surface area (Å²) in [4.78, 5) is 11.7. The van der Waals surface area contributed by atoms with Crippen LogP contribution in [0.3, 0.4) is 0 Å². The van der Waals surface area contributed by atoms with Crippen LogP contribution in [0.1, 0.15) is 16.1 Å². The molecule has 1 aromatic heterocycles. The maximum Gasteiger partial charge on any atom is 0.352 e. The smallest absolute Gasteiger partial charge is 0.352 e. The molecule has 5 heteroatoms. The van der Waals surface area contributed by atoms with Gasteiger partial charge < -0.3 is 19.1 Å². The van der Waals surface area contributed by atoms with Crippen molar-refractivity contribution in [2.75, 3.05) is 14.2 Å². The predicted molar refractivity (Wildman–Crippen MR) is 87.5 cm³/mol. The molecule has 0 saturated heterocycles. The fourth-order valence-electron chi connectivity index (χ4n) is 2.77. The largest absolute Gasteiger partial charge is 0.496 e. The van der Waals surface area contributed by atoms with Gasteiger partial charge in [0.2, 0.25) is 0 Å². The molecule has 0 spiro atoms. The highest BCUT2D eigenvalue weighted by Crippen LogP contribution is 2.36. The fourth-order valence-corrected chi connectivity index (χ4v) is 2.77. The molecule has 0 fully saturated rings. The monoisotopic (exact) mass is 311 g/mol. The van der Waals surface area contributed by atoms with Crippen LogP contribution in [0, 0.1) is 0 Å². The molecule has 2 aromatic carbocycles. The fraction of sp³-hybridized carbons (Fsp3) is 0.167. The Morgan fingerprint density at radius 1 is 1.04 bits per heavy atom. The molecule has 0 bridgehead atoms. The van der Waals surface area contributed by atoms with Crippen molar-refractivity contribution in [1.82, 2.24) is 4.57 Å². The maximum absolute atomic E-state index is 11.7. The van der Waals surface area contributed by atoms with Crippen molar-refractivity contribution in [1.29, 1.82) is 0 Å². The van der Waals surface area contributed by atoms with Gasteiger partial charge in [-0.1, -0.05) is 30.3 Å². The Balaban J connectivity index is 2.28. The average Bonchev–Trinajstić information content (AvgIpc) is 2.95. The second-order valence-electron chi connectivity index (χ2n) is 5.14. The number of carboxylic acid groups (broad SMARTS) is 1. The Kier molecular flexibility index (Phi) is 3.93. The van der Waals surface area contributed by atoms with Crippen molar-refractivity contribution >= 4 is 16.9 Å². The number of nitrogens with zero attached hydrogens (tertiary/aromatic N) is 1. The number of aromatic nitrogens is 1. The van der Waals surface area contributed by atoms with E-state index < -0.39 is 5.97 Å². The van der Waals surface area contributed by atoms with Gasteiger partial charge in [0.1, 0.15) is 17.2 Å². The number of rotatable bonds is 5. The normalized spacial score (nSPS) is 10.7. The SMILES string of the molecule is COc1ccc(OC)c2c1cc(C(=O)O)n2Cc1ccccc1. The second kappa shape index (κ2) is 6.04. The first kappa shape index (κ1) is 15.0. The number of aromatic carboxylic acids is 1. The van der Waals surface area contributed by atoms with Crippen molar-refractivity contribution in [3.05, 3.63) is 59.8 Å². The highest BCUT2D eigenvalue weighted by atomic mass is 16.5. The molecule has 118 valence electrons. The Bertz CT molecular complexity index is 852. The Morgan fingerprint density at radius 3 is 2.30 bits per heavy atom. The quantitative estimate of drug-likeness (QED) is 0.784. The van der Waals surface area contributed by atoms with Crippen LogP contribution in [-0.2, 0) is 6.54 Å². The van der Waals surface area contributed by atoms with Crippen molar-refractivity contribution in [2.24, 2.45) is 0 Å². The second-order valence-corrected chi connectivity index (χ2v) is 5.14. The van der Waals surface area contributed by atoms with Crippen molar-refractivity contribution < 1.29 is 19.4 Å². The Labute approximate surface area is 133 Å². The first-order valence-electron chi connectivity index (χ1n) is 7.17. The Morgan fingerprint density at radius 2 is 1.70 bits per heavy atom. The standard InChI is InChI=1S/C18H17NO4/c1-22-15-8-9-16(23-2)17-13(15)10-14(18(20)21)19(17)11-12-6-4-3-5-7-12/h3-10H,11H2,1-2H3,(H,20,21). The van der Waals surface area contributed by atoms with E-state index in [1.807, 2.05) is 30.3 Å².